The quantitative estimate of drug-likeness (QED) is 0.531. The lowest BCUT2D eigenvalue weighted by Gasteiger charge is -2.56. The Labute approximate surface area is 224 Å². The molecule has 3 heterocycles. The molecule has 0 bridgehead atoms. The van der Waals surface area contributed by atoms with Crippen molar-refractivity contribution in [1.29, 1.82) is 5.26 Å². The molecule has 3 aromatic rings. The molecule has 1 aliphatic carbocycles. The predicted molar refractivity (Wildman–Crippen MR) is 148 cm³/mol. The van der Waals surface area contributed by atoms with Crippen LogP contribution in [-0.2, 0) is 10.0 Å². The van der Waals surface area contributed by atoms with Gasteiger partial charge in [-0.05, 0) is 78.9 Å². The number of aromatic nitrogens is 1. The van der Waals surface area contributed by atoms with Crippen LogP contribution in [0, 0.1) is 11.3 Å². The zero-order valence-corrected chi connectivity index (χ0v) is 22.0. The number of anilines is 2. The number of nitrogens with one attached hydrogen (secondary N) is 1. The summed E-state index contributed by atoms with van der Waals surface area (Å²) in [5.74, 6) is 0.948. The van der Waals surface area contributed by atoms with Crippen LogP contribution in [0.2, 0.25) is 0 Å². The van der Waals surface area contributed by atoms with Crippen molar-refractivity contribution in [3.05, 3.63) is 72.4 Å². The van der Waals surface area contributed by atoms with Gasteiger partial charge in [-0.3, -0.25) is 0 Å². The van der Waals surface area contributed by atoms with Gasteiger partial charge < -0.3 is 15.1 Å². The van der Waals surface area contributed by atoms with Gasteiger partial charge in [-0.15, -0.1) is 0 Å². The van der Waals surface area contributed by atoms with E-state index in [1.54, 1.807) is 12.1 Å². The highest BCUT2D eigenvalue weighted by atomic mass is 32.2. The number of benzene rings is 2. The summed E-state index contributed by atoms with van der Waals surface area (Å²) in [5.41, 5.74) is 3.56. The standard InChI is InChI=1S/C29H32N6O2S/c30-18-20-8-10-23(11-9-20)34-15-13-28-26(19-34)33-25-6-1-2-7-27(25)35(28)29-17-22(12-14-32-29)21-4-3-5-24(16-21)38(31,36)37/h3-5,8-12,14,16-17,25-28,33H,1-2,6-7,13,15,19H2,(H2,31,36,37)/t25-,26-,27?,28?/m1/s1. The fraction of sp³-hybridized carbons (Fsp3) is 0.379. The first-order valence-corrected chi connectivity index (χ1v) is 14.8. The van der Waals surface area contributed by atoms with E-state index in [1.807, 2.05) is 42.6 Å². The van der Waals surface area contributed by atoms with E-state index in [1.165, 1.54) is 18.9 Å². The molecular formula is C29H32N6O2S. The summed E-state index contributed by atoms with van der Waals surface area (Å²) in [5, 5.41) is 18.6. The van der Waals surface area contributed by atoms with Gasteiger partial charge in [0.15, 0.2) is 0 Å². The highest BCUT2D eigenvalue weighted by Gasteiger charge is 2.46. The number of hydrogen-bond acceptors (Lipinski definition) is 7. The van der Waals surface area contributed by atoms with Crippen LogP contribution in [-0.4, -0.2) is 50.7 Å². The van der Waals surface area contributed by atoms with Crippen molar-refractivity contribution in [2.45, 2.75) is 61.2 Å². The zero-order chi connectivity index (χ0) is 26.3. The lowest BCUT2D eigenvalue weighted by atomic mass is 9.81. The molecule has 4 atom stereocenters. The number of nitrogens with zero attached hydrogens (tertiary/aromatic N) is 4. The Balaban J connectivity index is 1.32. The molecule has 3 aliphatic rings. The van der Waals surface area contributed by atoms with Crippen LogP contribution in [0.25, 0.3) is 11.1 Å². The summed E-state index contributed by atoms with van der Waals surface area (Å²) in [4.78, 5) is 9.94. The van der Waals surface area contributed by atoms with Crippen molar-refractivity contribution in [1.82, 2.24) is 10.3 Å². The number of hydrogen-bond donors (Lipinski definition) is 2. The van der Waals surface area contributed by atoms with Gasteiger partial charge in [0.1, 0.15) is 5.82 Å². The van der Waals surface area contributed by atoms with Crippen molar-refractivity contribution < 1.29 is 8.42 Å². The Morgan fingerprint density at radius 1 is 0.947 bits per heavy atom. The molecule has 196 valence electrons. The molecule has 38 heavy (non-hydrogen) atoms. The van der Waals surface area contributed by atoms with Gasteiger partial charge in [0.05, 0.1) is 16.5 Å². The van der Waals surface area contributed by atoms with E-state index in [4.69, 9.17) is 15.4 Å². The molecule has 1 aromatic heterocycles. The molecule has 8 nitrogen and oxygen atoms in total. The number of nitrogens with two attached hydrogens (primary N) is 1. The Morgan fingerprint density at radius 3 is 2.50 bits per heavy atom. The molecule has 1 saturated carbocycles. The summed E-state index contributed by atoms with van der Waals surface area (Å²) < 4.78 is 23.9. The maximum atomic E-state index is 11.9. The summed E-state index contributed by atoms with van der Waals surface area (Å²) in [6.45, 7) is 1.82. The molecule has 2 aliphatic heterocycles. The van der Waals surface area contributed by atoms with Crippen LogP contribution in [0.4, 0.5) is 11.5 Å². The third-order valence-electron chi connectivity index (χ3n) is 8.32. The second-order valence-electron chi connectivity index (χ2n) is 10.6. The van der Waals surface area contributed by atoms with Crippen LogP contribution in [0.1, 0.15) is 37.7 Å². The smallest absolute Gasteiger partial charge is 0.238 e. The lowest BCUT2D eigenvalue weighted by molar-refractivity contribution is 0.188. The van der Waals surface area contributed by atoms with E-state index in [-0.39, 0.29) is 10.9 Å². The van der Waals surface area contributed by atoms with Crippen molar-refractivity contribution in [2.24, 2.45) is 5.14 Å². The number of nitriles is 1. The minimum atomic E-state index is -3.78. The molecule has 9 heteroatoms. The minimum Gasteiger partial charge on any atom is -0.370 e. The molecular weight excluding hydrogens is 496 g/mol. The van der Waals surface area contributed by atoms with Crippen LogP contribution in [0.3, 0.4) is 0 Å². The van der Waals surface area contributed by atoms with E-state index in [0.717, 1.165) is 55.0 Å². The SMILES string of the molecule is N#Cc1ccc(N2CCC3[C@@H](C2)N[C@@H]2CCCCC2N3c2cc(-c3cccc(S(N)(=O)=O)c3)ccn2)cc1. The monoisotopic (exact) mass is 528 g/mol. The first kappa shape index (κ1) is 24.9. The van der Waals surface area contributed by atoms with Crippen molar-refractivity contribution in [3.8, 4) is 17.2 Å². The molecule has 6 rings (SSSR count). The van der Waals surface area contributed by atoms with E-state index in [0.29, 0.717) is 23.7 Å². The van der Waals surface area contributed by atoms with Gasteiger partial charge >= 0.3 is 0 Å². The van der Waals surface area contributed by atoms with Gasteiger partial charge in [0, 0.05) is 49.1 Å². The molecule has 2 unspecified atom stereocenters. The van der Waals surface area contributed by atoms with Crippen LogP contribution < -0.4 is 20.3 Å². The average molecular weight is 529 g/mol. The van der Waals surface area contributed by atoms with Crippen LogP contribution >= 0.6 is 0 Å². The highest BCUT2D eigenvalue weighted by Crippen LogP contribution is 2.38. The number of pyridine rings is 1. The first-order valence-electron chi connectivity index (χ1n) is 13.3. The molecule has 0 radical (unpaired) electrons. The Kier molecular flexibility index (Phi) is 6.56. The Hall–Kier alpha value is -3.45. The fourth-order valence-electron chi connectivity index (χ4n) is 6.51. The summed E-state index contributed by atoms with van der Waals surface area (Å²) in [7, 11) is -3.78. The van der Waals surface area contributed by atoms with Gasteiger partial charge in [0.2, 0.25) is 10.0 Å². The number of piperazine rings is 1. The third kappa shape index (κ3) is 4.75. The number of piperidine rings is 1. The van der Waals surface area contributed by atoms with E-state index < -0.39 is 10.0 Å². The predicted octanol–water partition coefficient (Wildman–Crippen LogP) is 3.64. The first-order chi connectivity index (χ1) is 18.4. The molecule has 3 fully saturated rings. The van der Waals surface area contributed by atoms with Gasteiger partial charge in [0.25, 0.3) is 0 Å². The van der Waals surface area contributed by atoms with Crippen LogP contribution in [0.5, 0.6) is 0 Å². The second-order valence-corrected chi connectivity index (χ2v) is 12.1. The topological polar surface area (TPSA) is 115 Å². The molecule has 2 saturated heterocycles. The summed E-state index contributed by atoms with van der Waals surface area (Å²) >= 11 is 0. The Bertz CT molecular complexity index is 1470. The number of rotatable bonds is 4. The van der Waals surface area contributed by atoms with E-state index >= 15 is 0 Å². The minimum absolute atomic E-state index is 0.109. The van der Waals surface area contributed by atoms with Gasteiger partial charge in [-0.1, -0.05) is 25.0 Å². The van der Waals surface area contributed by atoms with Gasteiger partial charge in [-0.25, -0.2) is 18.5 Å². The average Bonchev–Trinajstić information content (AvgIpc) is 2.95. The second kappa shape index (κ2) is 10.0. The maximum absolute atomic E-state index is 11.9. The summed E-state index contributed by atoms with van der Waals surface area (Å²) in [6, 6.07) is 22.3. The normalized spacial score (nSPS) is 25.3. The number of primary sulfonamides is 1. The molecule has 2 aromatic carbocycles. The van der Waals surface area contributed by atoms with Crippen LogP contribution in [0.15, 0.2) is 71.8 Å². The van der Waals surface area contributed by atoms with Crippen molar-refractivity contribution in [2.75, 3.05) is 22.9 Å². The van der Waals surface area contributed by atoms with Gasteiger partial charge in [-0.2, -0.15) is 5.26 Å². The largest absolute Gasteiger partial charge is 0.370 e. The molecule has 3 N–H and O–H groups in total. The highest BCUT2D eigenvalue weighted by molar-refractivity contribution is 7.89. The maximum Gasteiger partial charge on any atom is 0.238 e. The summed E-state index contributed by atoms with van der Waals surface area (Å²) in [6.07, 6.45) is 7.55. The van der Waals surface area contributed by atoms with E-state index in [2.05, 4.69) is 27.3 Å². The van der Waals surface area contributed by atoms with E-state index in [9.17, 15) is 8.42 Å². The molecule has 0 amide bonds. The zero-order valence-electron chi connectivity index (χ0n) is 21.2. The lowest BCUT2D eigenvalue weighted by Crippen LogP contribution is -2.72. The number of sulfonamides is 1. The third-order valence-corrected chi connectivity index (χ3v) is 9.23. The van der Waals surface area contributed by atoms with Crippen molar-refractivity contribution in [3.63, 3.8) is 0 Å². The Morgan fingerprint density at radius 2 is 1.71 bits per heavy atom. The number of fused-ring (bicyclic) bond motifs is 2. The molecule has 0 spiro atoms. The fourth-order valence-corrected chi connectivity index (χ4v) is 7.07. The van der Waals surface area contributed by atoms with Crippen molar-refractivity contribution >= 4 is 21.5 Å².